The van der Waals surface area contributed by atoms with E-state index in [0.717, 1.165) is 22.4 Å². The zero-order valence-corrected chi connectivity index (χ0v) is 28.0. The van der Waals surface area contributed by atoms with Crippen LogP contribution >= 0.6 is 0 Å². The van der Waals surface area contributed by atoms with Gasteiger partial charge in [0.1, 0.15) is 0 Å². The predicted molar refractivity (Wildman–Crippen MR) is 138 cm³/mol. The van der Waals surface area contributed by atoms with Crippen molar-refractivity contribution in [2.45, 2.75) is 65.1 Å². The number of hydrogen-bond acceptors (Lipinski definition) is 1. The third-order valence-corrected chi connectivity index (χ3v) is 4.40. The molecule has 0 heterocycles. The summed E-state index contributed by atoms with van der Waals surface area (Å²) in [5, 5.41) is 3.42. The topological polar surface area (TPSA) is 35.8 Å². The maximum atomic E-state index is 7.00. The Hall–Kier alpha value is -0.250. The van der Waals surface area contributed by atoms with Gasteiger partial charge in [0.2, 0.25) is 0 Å². The molecule has 0 aromatic heterocycles. The summed E-state index contributed by atoms with van der Waals surface area (Å²) in [5.74, 6) is 0. The summed E-state index contributed by atoms with van der Waals surface area (Å²) in [6, 6.07) is 12.0. The third-order valence-electron chi connectivity index (χ3n) is 3.24. The van der Waals surface area contributed by atoms with Gasteiger partial charge in [0.15, 0.2) is 0 Å². The van der Waals surface area contributed by atoms with Gasteiger partial charge in [-0.2, -0.15) is 6.08 Å². The summed E-state index contributed by atoms with van der Waals surface area (Å²) in [5.41, 5.74) is 9.10. The van der Waals surface area contributed by atoms with Gasteiger partial charge in [0, 0.05) is 53.4 Å². The predicted octanol–water partition coefficient (Wildman–Crippen LogP) is 8.09. The third kappa shape index (κ3) is 32.0. The molecule has 2 aliphatic carbocycles. The standard InChI is InChI=1S/C9H15N.C6H6N.C5H5.C4H11Si.2CH3.Hf.Zr/c1-9(2,3)10-8-6-4-5-7-8;7-6-4-2-1-3-5-6;1-2-4-5-3-1;1-3-5-4-2;;;;/h4-6,10H,7H2,1-3H3;1-5,7H;1-3H,4H2;5H,3-4H2,1-2H3;2*1H3;;/q;2*-1;;2*-1;+4;. The van der Waals surface area contributed by atoms with E-state index >= 15 is 0 Å². The maximum absolute atomic E-state index is 7.00. The summed E-state index contributed by atoms with van der Waals surface area (Å²) < 4.78 is 0. The van der Waals surface area contributed by atoms with Gasteiger partial charge in [0.05, 0.1) is 0 Å². The van der Waals surface area contributed by atoms with Crippen LogP contribution in [0.4, 0.5) is 5.69 Å². The Balaban J connectivity index is -0.0000000965. The van der Waals surface area contributed by atoms with E-state index in [1.807, 2.05) is 30.4 Å². The summed E-state index contributed by atoms with van der Waals surface area (Å²) in [4.78, 5) is 0. The molecule has 5 heteroatoms. The van der Waals surface area contributed by atoms with Gasteiger partial charge in [-0.15, -0.1) is 12.1 Å². The summed E-state index contributed by atoms with van der Waals surface area (Å²) in [7, 11) is 0.815. The van der Waals surface area contributed by atoms with E-state index in [-0.39, 0.29) is 72.4 Å². The summed E-state index contributed by atoms with van der Waals surface area (Å²) in [6.07, 6.45) is 17.4. The molecular weight excluding hydrogens is 638 g/mol. The Kier molecular flexibility index (Phi) is 36.8. The minimum absolute atomic E-state index is 0. The van der Waals surface area contributed by atoms with Crippen molar-refractivity contribution in [3.8, 4) is 0 Å². The normalized spacial score (nSPS) is 11.7. The van der Waals surface area contributed by atoms with Gasteiger partial charge in [-0.1, -0.05) is 68.4 Å². The second-order valence-corrected chi connectivity index (χ2v) is 9.38. The quantitative estimate of drug-likeness (QED) is 0.254. The molecule has 2 aliphatic rings. The van der Waals surface area contributed by atoms with Crippen molar-refractivity contribution in [1.82, 2.24) is 5.32 Å². The summed E-state index contributed by atoms with van der Waals surface area (Å²) >= 11 is 0. The minimum atomic E-state index is 0. The van der Waals surface area contributed by atoms with Crippen LogP contribution in [0.25, 0.3) is 5.73 Å². The fourth-order valence-electron chi connectivity index (χ4n) is 2.09. The SMILES string of the molecule is CC(C)(C)NC1=CC=CC1.CC[SiH]CC.[C-]1=CC=CC1.[CH3-].[CH3-].[Hf+4].[NH-]c1ccccc1.[Zr]. The second kappa shape index (κ2) is 27.8. The van der Waals surface area contributed by atoms with Crippen LogP contribution in [-0.4, -0.2) is 15.1 Å². The molecule has 0 fully saturated rings. The molecule has 0 bridgehead atoms. The Bertz CT molecular complexity index is 579. The van der Waals surface area contributed by atoms with E-state index in [1.54, 1.807) is 12.1 Å². The zero-order chi connectivity index (χ0) is 20.4. The Labute approximate surface area is 235 Å². The van der Waals surface area contributed by atoms with Crippen molar-refractivity contribution >= 4 is 15.2 Å². The monoisotopic (exact) mass is 681 g/mol. The van der Waals surface area contributed by atoms with Gasteiger partial charge in [-0.25, -0.2) is 12.2 Å². The molecule has 1 radical (unpaired) electrons. The molecule has 2 N–H and O–H groups in total. The van der Waals surface area contributed by atoms with E-state index < -0.39 is 0 Å². The molecule has 169 valence electrons. The van der Waals surface area contributed by atoms with Gasteiger partial charge in [-0.3, -0.25) is 6.08 Å². The van der Waals surface area contributed by atoms with E-state index in [9.17, 15) is 0 Å². The van der Waals surface area contributed by atoms with E-state index in [0.29, 0.717) is 5.69 Å². The first kappa shape index (κ1) is 41.0. The maximum Gasteiger partial charge on any atom is 4.00 e. The molecule has 3 rings (SSSR count). The average molecular weight is 681 g/mol. The van der Waals surface area contributed by atoms with E-state index in [1.165, 1.54) is 17.8 Å². The largest absolute Gasteiger partial charge is 4.00 e. The Morgan fingerprint density at radius 3 is 1.81 bits per heavy atom. The Morgan fingerprint density at radius 2 is 1.58 bits per heavy atom. The number of rotatable bonds is 3. The minimum Gasteiger partial charge on any atom is -0.699 e. The molecule has 2 nitrogen and oxygen atoms in total. The van der Waals surface area contributed by atoms with Crippen LogP contribution in [0.1, 0.15) is 47.5 Å². The van der Waals surface area contributed by atoms with Crippen LogP contribution in [0.5, 0.6) is 0 Å². The van der Waals surface area contributed by atoms with Crippen molar-refractivity contribution in [2.24, 2.45) is 0 Å². The van der Waals surface area contributed by atoms with Gasteiger partial charge < -0.3 is 25.9 Å². The zero-order valence-electron chi connectivity index (χ0n) is 20.8. The molecular formula is C26H43HfN2SiZr. The molecule has 0 atom stereocenters. The molecule has 0 spiro atoms. The van der Waals surface area contributed by atoms with E-state index in [4.69, 9.17) is 5.73 Å². The van der Waals surface area contributed by atoms with Gasteiger partial charge in [-0.05, 0) is 26.8 Å². The van der Waals surface area contributed by atoms with Crippen LogP contribution in [0.15, 0.2) is 72.5 Å². The van der Waals surface area contributed by atoms with Crippen molar-refractivity contribution in [3.05, 3.63) is 99.1 Å². The molecule has 31 heavy (non-hydrogen) atoms. The van der Waals surface area contributed by atoms with Crippen LogP contribution in [0, 0.1) is 20.9 Å². The Morgan fingerprint density at radius 1 is 1.00 bits per heavy atom. The van der Waals surface area contributed by atoms with Crippen molar-refractivity contribution in [3.63, 3.8) is 0 Å². The van der Waals surface area contributed by atoms with Crippen LogP contribution in [0.2, 0.25) is 12.1 Å². The molecule has 1 aromatic carbocycles. The molecule has 0 saturated heterocycles. The van der Waals surface area contributed by atoms with E-state index in [2.05, 4.69) is 70.3 Å². The number of allylic oxidation sites excluding steroid dienone is 7. The average Bonchev–Trinajstić information content (AvgIpc) is 3.32. The first-order valence-corrected chi connectivity index (χ1v) is 11.5. The molecule has 0 unspecified atom stereocenters. The first-order valence-electron chi connectivity index (χ1n) is 9.83. The number of benzene rings is 1. The van der Waals surface area contributed by atoms with Crippen molar-refractivity contribution in [1.29, 1.82) is 0 Å². The fraction of sp³-hybridized carbons (Fsp3) is 0.385. The first-order chi connectivity index (χ1) is 12.9. The van der Waals surface area contributed by atoms with Crippen LogP contribution < -0.4 is 5.32 Å². The fourth-order valence-corrected chi connectivity index (χ4v) is 2.67. The summed E-state index contributed by atoms with van der Waals surface area (Å²) in [6.45, 7) is 11.0. The van der Waals surface area contributed by atoms with Crippen LogP contribution in [0.3, 0.4) is 0 Å². The van der Waals surface area contributed by atoms with Gasteiger partial charge >= 0.3 is 25.8 Å². The van der Waals surface area contributed by atoms with Gasteiger partial charge in [0.25, 0.3) is 0 Å². The molecule has 0 aliphatic heterocycles. The smallest absolute Gasteiger partial charge is 0.699 e. The van der Waals surface area contributed by atoms with Crippen molar-refractivity contribution < 1.29 is 52.0 Å². The molecule has 0 saturated carbocycles. The number of nitrogens with one attached hydrogen (secondary N) is 2. The molecule has 0 amide bonds. The van der Waals surface area contributed by atoms with Crippen LogP contribution in [-0.2, 0) is 52.0 Å². The second-order valence-electron chi connectivity index (χ2n) is 7.17. The number of hydrogen-bond donors (Lipinski definition) is 1. The van der Waals surface area contributed by atoms with Crippen molar-refractivity contribution in [2.75, 3.05) is 0 Å². The molecule has 1 aromatic rings.